The number of likely N-dealkylation sites (N-methyl/N-ethyl adjacent to an activating group) is 1. The first-order valence-electron chi connectivity index (χ1n) is 6.13. The van der Waals surface area contributed by atoms with Crippen molar-refractivity contribution in [3.63, 3.8) is 0 Å². The molecule has 16 heavy (non-hydrogen) atoms. The molecule has 1 amide bonds. The van der Waals surface area contributed by atoms with Gasteiger partial charge in [0.05, 0.1) is 12.1 Å². The van der Waals surface area contributed by atoms with E-state index in [4.69, 9.17) is 4.74 Å². The third kappa shape index (κ3) is 3.46. The van der Waals surface area contributed by atoms with Gasteiger partial charge in [-0.1, -0.05) is 13.8 Å². The van der Waals surface area contributed by atoms with E-state index < -0.39 is 0 Å². The summed E-state index contributed by atoms with van der Waals surface area (Å²) in [4.78, 5) is 14.1. The monoisotopic (exact) mass is 228 g/mol. The normalized spacial score (nSPS) is 25.1. The average molecular weight is 228 g/mol. The lowest BCUT2D eigenvalue weighted by Crippen LogP contribution is -2.44. The van der Waals surface area contributed by atoms with Gasteiger partial charge in [-0.2, -0.15) is 0 Å². The summed E-state index contributed by atoms with van der Waals surface area (Å²) in [6, 6.07) is -0.0522. The maximum Gasteiger partial charge on any atom is 0.239 e. The predicted molar refractivity (Wildman–Crippen MR) is 64.3 cm³/mol. The average Bonchev–Trinajstić information content (AvgIpc) is 2.73. The van der Waals surface area contributed by atoms with E-state index in [-0.39, 0.29) is 18.1 Å². The van der Waals surface area contributed by atoms with Crippen LogP contribution in [-0.4, -0.2) is 49.7 Å². The molecule has 0 aromatic heterocycles. The number of nitrogens with one attached hydrogen (secondary N) is 1. The summed E-state index contributed by atoms with van der Waals surface area (Å²) in [5.41, 5.74) is 0. The van der Waals surface area contributed by atoms with Gasteiger partial charge in [0.25, 0.3) is 0 Å². The zero-order valence-electron chi connectivity index (χ0n) is 10.8. The molecule has 1 saturated heterocycles. The van der Waals surface area contributed by atoms with Crippen LogP contribution in [0.25, 0.3) is 0 Å². The highest BCUT2D eigenvalue weighted by molar-refractivity contribution is 5.82. The molecule has 0 bridgehead atoms. The number of carbonyl (C=O) groups excluding carboxylic acids is 1. The van der Waals surface area contributed by atoms with Gasteiger partial charge in [-0.05, 0) is 19.3 Å². The molecule has 4 heteroatoms. The first kappa shape index (κ1) is 13.5. The highest BCUT2D eigenvalue weighted by Crippen LogP contribution is 2.13. The molecule has 1 aliphatic heterocycles. The van der Waals surface area contributed by atoms with Crippen LogP contribution in [0.3, 0.4) is 0 Å². The minimum atomic E-state index is -0.0522. The van der Waals surface area contributed by atoms with Gasteiger partial charge in [0.15, 0.2) is 0 Å². The molecule has 0 aliphatic carbocycles. The lowest BCUT2D eigenvalue weighted by atomic mass is 10.1. The topological polar surface area (TPSA) is 41.6 Å². The fraction of sp³-hybridized carbons (Fsp3) is 0.917. The Balaban J connectivity index is 2.49. The lowest BCUT2D eigenvalue weighted by Gasteiger charge is -2.26. The second-order valence-corrected chi connectivity index (χ2v) is 4.82. The molecular weight excluding hydrogens is 204 g/mol. The smallest absolute Gasteiger partial charge is 0.239 e. The molecule has 1 heterocycles. The highest BCUT2D eigenvalue weighted by Gasteiger charge is 2.31. The van der Waals surface area contributed by atoms with E-state index in [1.165, 1.54) is 0 Å². The Labute approximate surface area is 98.3 Å². The number of hydrogen-bond acceptors (Lipinski definition) is 3. The summed E-state index contributed by atoms with van der Waals surface area (Å²) in [6.45, 7) is 8.71. The quantitative estimate of drug-likeness (QED) is 0.759. The largest absolute Gasteiger partial charge is 0.380 e. The van der Waals surface area contributed by atoms with Crippen molar-refractivity contribution in [1.82, 2.24) is 10.2 Å². The number of hydrogen-bond donors (Lipinski definition) is 1. The second kappa shape index (κ2) is 6.21. The molecule has 1 fully saturated rings. The van der Waals surface area contributed by atoms with E-state index >= 15 is 0 Å². The maximum absolute atomic E-state index is 12.2. The molecule has 1 N–H and O–H groups in total. The van der Waals surface area contributed by atoms with Gasteiger partial charge in [0.2, 0.25) is 5.91 Å². The van der Waals surface area contributed by atoms with Crippen molar-refractivity contribution < 1.29 is 9.53 Å². The number of rotatable bonds is 5. The van der Waals surface area contributed by atoms with Crippen LogP contribution in [0.15, 0.2) is 0 Å². The molecule has 1 aliphatic rings. The first-order chi connectivity index (χ1) is 7.58. The van der Waals surface area contributed by atoms with Crippen LogP contribution in [0.4, 0.5) is 0 Å². The van der Waals surface area contributed by atoms with Crippen molar-refractivity contribution >= 4 is 5.91 Å². The van der Waals surface area contributed by atoms with Crippen LogP contribution in [0, 0.1) is 5.92 Å². The molecule has 4 nitrogen and oxygen atoms in total. The Bertz CT molecular complexity index is 231. The summed E-state index contributed by atoms with van der Waals surface area (Å²) < 4.78 is 5.25. The third-order valence-electron chi connectivity index (χ3n) is 3.00. The SMILES string of the molecule is CCN(CC(C)C)C(=O)C1CC(OC)CN1. The molecular formula is C12H24N2O2. The Morgan fingerprint density at radius 3 is 2.69 bits per heavy atom. The Kier molecular flexibility index (Phi) is 5.22. The van der Waals surface area contributed by atoms with Crippen molar-refractivity contribution in [2.45, 2.75) is 39.3 Å². The van der Waals surface area contributed by atoms with Crippen molar-refractivity contribution in [3.05, 3.63) is 0 Å². The van der Waals surface area contributed by atoms with Crippen LogP contribution in [0.1, 0.15) is 27.2 Å². The third-order valence-corrected chi connectivity index (χ3v) is 3.00. The molecule has 0 saturated carbocycles. The molecule has 1 rings (SSSR count). The van der Waals surface area contributed by atoms with E-state index in [1.807, 2.05) is 11.8 Å². The van der Waals surface area contributed by atoms with Crippen molar-refractivity contribution in [3.8, 4) is 0 Å². The Hall–Kier alpha value is -0.610. The van der Waals surface area contributed by atoms with Crippen LogP contribution in [0.5, 0.6) is 0 Å². The zero-order chi connectivity index (χ0) is 12.1. The van der Waals surface area contributed by atoms with E-state index in [1.54, 1.807) is 7.11 Å². The van der Waals surface area contributed by atoms with E-state index in [0.29, 0.717) is 5.92 Å². The first-order valence-corrected chi connectivity index (χ1v) is 6.13. The Morgan fingerprint density at radius 2 is 2.25 bits per heavy atom. The fourth-order valence-corrected chi connectivity index (χ4v) is 2.11. The van der Waals surface area contributed by atoms with Gasteiger partial charge < -0.3 is 15.0 Å². The van der Waals surface area contributed by atoms with E-state index in [2.05, 4.69) is 19.2 Å². The van der Waals surface area contributed by atoms with Crippen LogP contribution in [0.2, 0.25) is 0 Å². The molecule has 94 valence electrons. The van der Waals surface area contributed by atoms with Crippen molar-refractivity contribution in [2.75, 3.05) is 26.7 Å². The number of carbonyl (C=O) groups is 1. The fourth-order valence-electron chi connectivity index (χ4n) is 2.11. The summed E-state index contributed by atoms with van der Waals surface area (Å²) in [5, 5.41) is 3.23. The van der Waals surface area contributed by atoms with Crippen molar-refractivity contribution in [1.29, 1.82) is 0 Å². The van der Waals surface area contributed by atoms with Gasteiger partial charge in [0.1, 0.15) is 0 Å². The molecule has 2 unspecified atom stereocenters. The lowest BCUT2D eigenvalue weighted by molar-refractivity contribution is -0.133. The van der Waals surface area contributed by atoms with E-state index in [0.717, 1.165) is 26.1 Å². The summed E-state index contributed by atoms with van der Waals surface area (Å²) in [5.74, 6) is 0.735. The van der Waals surface area contributed by atoms with Crippen LogP contribution >= 0.6 is 0 Å². The molecule has 0 radical (unpaired) electrons. The van der Waals surface area contributed by atoms with Gasteiger partial charge in [-0.15, -0.1) is 0 Å². The number of methoxy groups -OCH3 is 1. The maximum atomic E-state index is 12.2. The number of amides is 1. The molecule has 0 spiro atoms. The van der Waals surface area contributed by atoms with Gasteiger partial charge in [-0.3, -0.25) is 4.79 Å². The number of ether oxygens (including phenoxy) is 1. The summed E-state index contributed by atoms with van der Waals surface area (Å²) >= 11 is 0. The molecule has 0 aromatic rings. The van der Waals surface area contributed by atoms with Gasteiger partial charge in [-0.25, -0.2) is 0 Å². The predicted octanol–water partition coefficient (Wildman–Crippen LogP) is 0.868. The van der Waals surface area contributed by atoms with Gasteiger partial charge in [0, 0.05) is 26.7 Å². The minimum absolute atomic E-state index is 0.0522. The van der Waals surface area contributed by atoms with E-state index in [9.17, 15) is 4.79 Å². The second-order valence-electron chi connectivity index (χ2n) is 4.82. The van der Waals surface area contributed by atoms with Crippen molar-refractivity contribution in [2.24, 2.45) is 5.92 Å². The highest BCUT2D eigenvalue weighted by atomic mass is 16.5. The van der Waals surface area contributed by atoms with Crippen LogP contribution < -0.4 is 5.32 Å². The summed E-state index contributed by atoms with van der Waals surface area (Å²) in [7, 11) is 1.70. The summed E-state index contributed by atoms with van der Waals surface area (Å²) in [6.07, 6.45) is 0.982. The van der Waals surface area contributed by atoms with Crippen LogP contribution in [-0.2, 0) is 9.53 Å². The Morgan fingerprint density at radius 1 is 1.56 bits per heavy atom. The molecule has 0 aromatic carbocycles. The minimum Gasteiger partial charge on any atom is -0.380 e. The zero-order valence-corrected chi connectivity index (χ0v) is 10.8. The van der Waals surface area contributed by atoms with Gasteiger partial charge >= 0.3 is 0 Å². The molecule has 2 atom stereocenters. The standard InChI is InChI=1S/C12H24N2O2/c1-5-14(8-9(2)3)12(15)11-6-10(16-4)7-13-11/h9-11,13H,5-8H2,1-4H3. The number of nitrogens with zero attached hydrogens (tertiary/aromatic N) is 1.